The van der Waals surface area contributed by atoms with Gasteiger partial charge in [0.1, 0.15) is 0 Å². The van der Waals surface area contributed by atoms with Crippen LogP contribution in [0.1, 0.15) is 24.0 Å². The number of fused-ring (bicyclic) bond motifs is 1. The van der Waals surface area contributed by atoms with Gasteiger partial charge in [0.15, 0.2) is 0 Å². The summed E-state index contributed by atoms with van der Waals surface area (Å²) in [5.41, 5.74) is 2.01. The normalized spacial score (nSPS) is 10.5. The number of nitriles is 1. The first-order valence-electron chi connectivity index (χ1n) is 5.36. The molecule has 1 heterocycles. The number of thiophene rings is 1. The molecule has 82 valence electrons. The van der Waals surface area contributed by atoms with Crippen LogP contribution in [0.2, 0.25) is 0 Å². The molecule has 2 rings (SSSR count). The number of aliphatic hydroxyl groups excluding tert-OH is 1. The lowest BCUT2D eigenvalue weighted by Gasteiger charge is -1.98. The van der Waals surface area contributed by atoms with Crippen molar-refractivity contribution in [1.29, 1.82) is 5.26 Å². The molecule has 0 bridgehead atoms. The summed E-state index contributed by atoms with van der Waals surface area (Å²) in [6.45, 7) is 0.255. The van der Waals surface area contributed by atoms with Crippen LogP contribution in [0.5, 0.6) is 0 Å². The number of aryl methyl sites for hydroxylation is 1. The molecule has 0 amide bonds. The molecule has 2 aromatic rings. The molecule has 0 saturated carbocycles. The summed E-state index contributed by atoms with van der Waals surface area (Å²) in [6.07, 6.45) is 2.82. The summed E-state index contributed by atoms with van der Waals surface area (Å²) in [5.74, 6) is 0. The zero-order chi connectivity index (χ0) is 11.4. The second kappa shape index (κ2) is 5.11. The minimum atomic E-state index is 0.255. The molecule has 1 aromatic heterocycles. The van der Waals surface area contributed by atoms with E-state index in [2.05, 4.69) is 11.4 Å². The fraction of sp³-hybridized carbons (Fsp3) is 0.308. The predicted molar refractivity (Wildman–Crippen MR) is 66.6 cm³/mol. The smallest absolute Gasteiger partial charge is 0.0991 e. The molecule has 16 heavy (non-hydrogen) atoms. The first-order chi connectivity index (χ1) is 7.85. The Balaban J connectivity index is 2.28. The van der Waals surface area contributed by atoms with Crippen LogP contribution in [-0.4, -0.2) is 11.7 Å². The second-order valence-electron chi connectivity index (χ2n) is 3.76. The zero-order valence-corrected chi connectivity index (χ0v) is 9.76. The highest BCUT2D eigenvalue weighted by atomic mass is 32.1. The summed E-state index contributed by atoms with van der Waals surface area (Å²) in [4.78, 5) is 0. The van der Waals surface area contributed by atoms with Crippen molar-refractivity contribution in [3.63, 3.8) is 0 Å². The Morgan fingerprint density at radius 3 is 2.94 bits per heavy atom. The third-order valence-corrected chi connectivity index (χ3v) is 3.65. The number of rotatable bonds is 4. The lowest BCUT2D eigenvalue weighted by atomic mass is 10.1. The van der Waals surface area contributed by atoms with Gasteiger partial charge in [-0.25, -0.2) is 0 Å². The van der Waals surface area contributed by atoms with Crippen molar-refractivity contribution in [1.82, 2.24) is 0 Å². The van der Waals surface area contributed by atoms with Crippen LogP contribution in [0.15, 0.2) is 23.6 Å². The number of unbranched alkanes of at least 4 members (excludes halogenated alkanes) is 1. The van der Waals surface area contributed by atoms with Crippen LogP contribution in [0.25, 0.3) is 10.1 Å². The van der Waals surface area contributed by atoms with Crippen molar-refractivity contribution in [2.24, 2.45) is 0 Å². The highest BCUT2D eigenvalue weighted by molar-refractivity contribution is 7.17. The van der Waals surface area contributed by atoms with E-state index < -0.39 is 0 Å². The number of benzene rings is 1. The Hall–Kier alpha value is -1.37. The maximum absolute atomic E-state index is 8.86. The molecule has 0 aliphatic carbocycles. The van der Waals surface area contributed by atoms with Crippen molar-refractivity contribution in [3.8, 4) is 6.07 Å². The molecule has 2 nitrogen and oxygen atoms in total. The fourth-order valence-corrected chi connectivity index (χ4v) is 2.75. The summed E-state index contributed by atoms with van der Waals surface area (Å²) in [7, 11) is 0. The second-order valence-corrected chi connectivity index (χ2v) is 4.68. The van der Waals surface area contributed by atoms with E-state index >= 15 is 0 Å². The molecular weight excluding hydrogens is 218 g/mol. The topological polar surface area (TPSA) is 44.0 Å². The van der Waals surface area contributed by atoms with E-state index in [-0.39, 0.29) is 6.61 Å². The average Bonchev–Trinajstić information content (AvgIpc) is 2.72. The minimum absolute atomic E-state index is 0.255. The first-order valence-corrected chi connectivity index (χ1v) is 6.24. The van der Waals surface area contributed by atoms with Crippen molar-refractivity contribution in [3.05, 3.63) is 34.7 Å². The molecule has 0 fully saturated rings. The van der Waals surface area contributed by atoms with E-state index in [4.69, 9.17) is 10.4 Å². The summed E-state index contributed by atoms with van der Waals surface area (Å²) < 4.78 is 1.23. The maximum atomic E-state index is 8.86. The van der Waals surface area contributed by atoms with Crippen LogP contribution in [0, 0.1) is 11.3 Å². The molecule has 0 spiro atoms. The van der Waals surface area contributed by atoms with E-state index in [0.29, 0.717) is 5.56 Å². The fourth-order valence-electron chi connectivity index (χ4n) is 1.77. The van der Waals surface area contributed by atoms with Crippen molar-refractivity contribution < 1.29 is 5.11 Å². The molecular formula is C13H13NOS. The third kappa shape index (κ3) is 2.24. The van der Waals surface area contributed by atoms with Crippen LogP contribution < -0.4 is 0 Å². The van der Waals surface area contributed by atoms with Gasteiger partial charge < -0.3 is 5.11 Å². The van der Waals surface area contributed by atoms with Gasteiger partial charge in [-0.2, -0.15) is 5.26 Å². The van der Waals surface area contributed by atoms with E-state index in [0.717, 1.165) is 19.3 Å². The van der Waals surface area contributed by atoms with Crippen LogP contribution in [0.3, 0.4) is 0 Å². The van der Waals surface area contributed by atoms with Gasteiger partial charge in [0.25, 0.3) is 0 Å². The van der Waals surface area contributed by atoms with E-state index in [1.807, 2.05) is 18.2 Å². The Kier molecular flexibility index (Phi) is 3.55. The first kappa shape index (κ1) is 11.1. The Bertz CT molecular complexity index is 524. The Labute approximate surface area is 98.8 Å². The third-order valence-electron chi connectivity index (χ3n) is 2.64. The highest BCUT2D eigenvalue weighted by Gasteiger charge is 2.04. The molecule has 1 N–H and O–H groups in total. The van der Waals surface area contributed by atoms with Gasteiger partial charge in [0.05, 0.1) is 11.6 Å². The monoisotopic (exact) mass is 231 g/mol. The molecule has 1 aromatic carbocycles. The molecule has 0 aliphatic heterocycles. The van der Waals surface area contributed by atoms with Gasteiger partial charge in [-0.3, -0.25) is 0 Å². The number of hydrogen-bond donors (Lipinski definition) is 1. The van der Waals surface area contributed by atoms with Crippen molar-refractivity contribution in [2.45, 2.75) is 19.3 Å². The van der Waals surface area contributed by atoms with Gasteiger partial charge in [-0.15, -0.1) is 11.3 Å². The summed E-state index contributed by atoms with van der Waals surface area (Å²) in [5, 5.41) is 21.0. The summed E-state index contributed by atoms with van der Waals surface area (Å²) in [6, 6.07) is 7.99. The van der Waals surface area contributed by atoms with E-state index in [1.165, 1.54) is 15.6 Å². The predicted octanol–water partition coefficient (Wildman–Crippen LogP) is 3.09. The molecule has 0 radical (unpaired) electrons. The molecule has 0 aliphatic rings. The van der Waals surface area contributed by atoms with Gasteiger partial charge in [0.2, 0.25) is 0 Å². The van der Waals surface area contributed by atoms with Gasteiger partial charge in [-0.05, 0) is 53.8 Å². The highest BCUT2D eigenvalue weighted by Crippen LogP contribution is 2.27. The lowest BCUT2D eigenvalue weighted by molar-refractivity contribution is 0.285. The van der Waals surface area contributed by atoms with E-state index in [1.54, 1.807) is 11.3 Å². The molecule has 3 heteroatoms. The standard InChI is InChI=1S/C13H13NOS/c14-8-10-4-5-13-12(7-10)11(9-16-13)3-1-2-6-15/h4-5,7,9,15H,1-3,6H2. The average molecular weight is 231 g/mol. The largest absolute Gasteiger partial charge is 0.396 e. The SMILES string of the molecule is N#Cc1ccc2scc(CCCCO)c2c1. The number of aliphatic hydroxyl groups is 1. The minimum Gasteiger partial charge on any atom is -0.396 e. The Morgan fingerprint density at radius 2 is 2.19 bits per heavy atom. The Morgan fingerprint density at radius 1 is 1.31 bits per heavy atom. The number of hydrogen-bond acceptors (Lipinski definition) is 3. The van der Waals surface area contributed by atoms with Gasteiger partial charge >= 0.3 is 0 Å². The van der Waals surface area contributed by atoms with Gasteiger partial charge in [-0.1, -0.05) is 0 Å². The van der Waals surface area contributed by atoms with Crippen LogP contribution in [0.4, 0.5) is 0 Å². The maximum Gasteiger partial charge on any atom is 0.0991 e. The van der Waals surface area contributed by atoms with Crippen molar-refractivity contribution in [2.75, 3.05) is 6.61 Å². The molecule has 0 unspecified atom stereocenters. The van der Waals surface area contributed by atoms with Crippen molar-refractivity contribution >= 4 is 21.4 Å². The van der Waals surface area contributed by atoms with Crippen LogP contribution in [-0.2, 0) is 6.42 Å². The quantitative estimate of drug-likeness (QED) is 0.822. The molecule has 0 saturated heterocycles. The van der Waals surface area contributed by atoms with E-state index in [9.17, 15) is 0 Å². The number of nitrogens with zero attached hydrogens (tertiary/aromatic N) is 1. The summed E-state index contributed by atoms with van der Waals surface area (Å²) >= 11 is 1.72. The van der Waals surface area contributed by atoms with Crippen LogP contribution >= 0.6 is 11.3 Å². The zero-order valence-electron chi connectivity index (χ0n) is 8.94. The molecule has 0 atom stereocenters. The lowest BCUT2D eigenvalue weighted by Crippen LogP contribution is -1.87. The van der Waals surface area contributed by atoms with Gasteiger partial charge in [0, 0.05) is 11.3 Å².